The van der Waals surface area contributed by atoms with Gasteiger partial charge in [-0.2, -0.15) is 5.10 Å². The van der Waals surface area contributed by atoms with Gasteiger partial charge >= 0.3 is 0 Å². The summed E-state index contributed by atoms with van der Waals surface area (Å²) in [5.74, 6) is 0.155. The molecule has 0 saturated heterocycles. The lowest BCUT2D eigenvalue weighted by Crippen LogP contribution is -2.05. The standard InChI is InChI=1S/C14H12ClFN4O/c1-8-4-3-5-10(12(8)16)21-7-11-18-13(15)9-6-17-20(2)14(9)19-11/h3-6H,7H2,1-2H3. The predicted octanol–water partition coefficient (Wildman–Crippen LogP) is 3.04. The lowest BCUT2D eigenvalue weighted by Gasteiger charge is -2.08. The number of fused-ring (bicyclic) bond motifs is 1. The molecule has 0 aliphatic rings. The summed E-state index contributed by atoms with van der Waals surface area (Å²) in [6, 6.07) is 4.97. The number of hydrogen-bond acceptors (Lipinski definition) is 4. The third-order valence-corrected chi connectivity index (χ3v) is 3.39. The van der Waals surface area contributed by atoms with Gasteiger partial charge in [-0.1, -0.05) is 23.7 Å². The first kappa shape index (κ1) is 13.8. The van der Waals surface area contributed by atoms with Gasteiger partial charge in [0.15, 0.2) is 23.0 Å². The second-order valence-corrected chi connectivity index (χ2v) is 4.97. The maximum atomic E-state index is 13.8. The third-order valence-electron chi connectivity index (χ3n) is 3.11. The summed E-state index contributed by atoms with van der Waals surface area (Å²) in [4.78, 5) is 8.46. The molecule has 0 radical (unpaired) electrons. The van der Waals surface area contributed by atoms with E-state index < -0.39 is 0 Å². The van der Waals surface area contributed by atoms with Crippen molar-refractivity contribution in [2.45, 2.75) is 13.5 Å². The van der Waals surface area contributed by atoms with Gasteiger partial charge in [-0.3, -0.25) is 4.68 Å². The first-order valence-corrected chi connectivity index (χ1v) is 6.66. The van der Waals surface area contributed by atoms with Crippen LogP contribution < -0.4 is 4.74 Å². The van der Waals surface area contributed by atoms with E-state index in [0.29, 0.717) is 27.6 Å². The molecule has 1 aromatic carbocycles. The average Bonchev–Trinajstić information content (AvgIpc) is 2.83. The molecule has 0 atom stereocenters. The molecule has 0 amide bonds. The Morgan fingerprint density at radius 1 is 1.33 bits per heavy atom. The Morgan fingerprint density at radius 3 is 2.95 bits per heavy atom. The van der Waals surface area contributed by atoms with E-state index in [1.165, 1.54) is 0 Å². The van der Waals surface area contributed by atoms with Crippen molar-refractivity contribution in [1.82, 2.24) is 19.7 Å². The van der Waals surface area contributed by atoms with Crippen LogP contribution in [-0.2, 0) is 13.7 Å². The number of aryl methyl sites for hydroxylation is 2. The molecule has 2 aromatic heterocycles. The topological polar surface area (TPSA) is 52.8 Å². The average molecular weight is 307 g/mol. The molecule has 0 aliphatic heterocycles. The van der Waals surface area contributed by atoms with Gasteiger partial charge in [0, 0.05) is 7.05 Å². The monoisotopic (exact) mass is 306 g/mol. The molecule has 3 aromatic rings. The van der Waals surface area contributed by atoms with E-state index in [0.717, 1.165) is 0 Å². The molecule has 0 fully saturated rings. The summed E-state index contributed by atoms with van der Waals surface area (Å²) in [6.45, 7) is 1.71. The lowest BCUT2D eigenvalue weighted by atomic mass is 10.2. The fourth-order valence-corrected chi connectivity index (χ4v) is 2.20. The van der Waals surface area contributed by atoms with Crippen LogP contribution in [-0.4, -0.2) is 19.7 Å². The first-order valence-electron chi connectivity index (χ1n) is 6.28. The Bertz CT molecular complexity index is 818. The van der Waals surface area contributed by atoms with Crippen LogP contribution in [0.15, 0.2) is 24.4 Å². The number of halogens is 2. The van der Waals surface area contributed by atoms with Crippen molar-refractivity contribution in [3.05, 3.63) is 46.8 Å². The van der Waals surface area contributed by atoms with E-state index in [1.807, 2.05) is 0 Å². The van der Waals surface area contributed by atoms with Crippen LogP contribution >= 0.6 is 11.6 Å². The molecule has 108 valence electrons. The van der Waals surface area contributed by atoms with E-state index in [1.54, 1.807) is 43.0 Å². The van der Waals surface area contributed by atoms with Crippen molar-refractivity contribution < 1.29 is 9.13 Å². The Kier molecular flexibility index (Phi) is 3.47. The molecular weight excluding hydrogens is 295 g/mol. The van der Waals surface area contributed by atoms with Gasteiger partial charge in [0.1, 0.15) is 11.8 Å². The zero-order valence-corrected chi connectivity index (χ0v) is 12.2. The number of ether oxygens (including phenoxy) is 1. The van der Waals surface area contributed by atoms with Crippen LogP contribution in [0.4, 0.5) is 4.39 Å². The van der Waals surface area contributed by atoms with Crippen molar-refractivity contribution in [2.24, 2.45) is 7.05 Å². The maximum absolute atomic E-state index is 13.8. The number of nitrogens with zero attached hydrogens (tertiary/aromatic N) is 4. The Balaban J connectivity index is 1.88. The van der Waals surface area contributed by atoms with Crippen LogP contribution in [0.25, 0.3) is 11.0 Å². The second-order valence-electron chi connectivity index (χ2n) is 4.61. The molecule has 2 heterocycles. The molecule has 5 nitrogen and oxygen atoms in total. The van der Waals surface area contributed by atoms with E-state index in [2.05, 4.69) is 15.1 Å². The summed E-state index contributed by atoms with van der Waals surface area (Å²) in [7, 11) is 1.76. The van der Waals surface area contributed by atoms with Gasteiger partial charge in [0.2, 0.25) is 0 Å². The molecule has 21 heavy (non-hydrogen) atoms. The highest BCUT2D eigenvalue weighted by Gasteiger charge is 2.11. The molecule has 0 unspecified atom stereocenters. The molecule has 0 N–H and O–H groups in total. The van der Waals surface area contributed by atoms with Crippen molar-refractivity contribution in [3.8, 4) is 5.75 Å². The second kappa shape index (κ2) is 5.29. The highest BCUT2D eigenvalue weighted by atomic mass is 35.5. The van der Waals surface area contributed by atoms with Gasteiger partial charge < -0.3 is 4.74 Å². The van der Waals surface area contributed by atoms with Crippen LogP contribution in [0.1, 0.15) is 11.4 Å². The van der Waals surface area contributed by atoms with Crippen LogP contribution in [0.2, 0.25) is 5.15 Å². The van der Waals surface area contributed by atoms with Crippen molar-refractivity contribution in [3.63, 3.8) is 0 Å². The quantitative estimate of drug-likeness (QED) is 0.698. The highest BCUT2D eigenvalue weighted by Crippen LogP contribution is 2.22. The van der Waals surface area contributed by atoms with Crippen molar-refractivity contribution in [1.29, 1.82) is 0 Å². The van der Waals surface area contributed by atoms with Gasteiger partial charge in [-0.05, 0) is 18.6 Å². The van der Waals surface area contributed by atoms with Crippen molar-refractivity contribution >= 4 is 22.6 Å². The fraction of sp³-hybridized carbons (Fsp3) is 0.214. The minimum Gasteiger partial charge on any atom is -0.483 e. The third kappa shape index (κ3) is 2.54. The summed E-state index contributed by atoms with van der Waals surface area (Å²) in [5.41, 5.74) is 1.13. The Labute approximate surface area is 125 Å². The summed E-state index contributed by atoms with van der Waals surface area (Å²) >= 11 is 6.08. The maximum Gasteiger partial charge on any atom is 0.170 e. The molecule has 7 heteroatoms. The van der Waals surface area contributed by atoms with E-state index in [9.17, 15) is 4.39 Å². The van der Waals surface area contributed by atoms with Gasteiger partial charge in [0.25, 0.3) is 0 Å². The van der Waals surface area contributed by atoms with Gasteiger partial charge in [0.05, 0.1) is 11.6 Å². The molecule has 0 bridgehead atoms. The minimum absolute atomic E-state index is 0.0290. The smallest absolute Gasteiger partial charge is 0.170 e. The molecule has 0 spiro atoms. The number of benzene rings is 1. The molecule has 0 aliphatic carbocycles. The number of hydrogen-bond donors (Lipinski definition) is 0. The highest BCUT2D eigenvalue weighted by molar-refractivity contribution is 6.33. The van der Waals surface area contributed by atoms with Crippen LogP contribution in [0, 0.1) is 12.7 Å². The van der Waals surface area contributed by atoms with Gasteiger partial charge in [-0.15, -0.1) is 0 Å². The predicted molar refractivity (Wildman–Crippen MR) is 76.8 cm³/mol. The van der Waals surface area contributed by atoms with E-state index in [-0.39, 0.29) is 18.2 Å². The van der Waals surface area contributed by atoms with Crippen molar-refractivity contribution in [2.75, 3.05) is 0 Å². The van der Waals surface area contributed by atoms with Gasteiger partial charge in [-0.25, -0.2) is 14.4 Å². The van der Waals surface area contributed by atoms with Crippen LogP contribution in [0.3, 0.4) is 0 Å². The molecule has 0 saturated carbocycles. The van der Waals surface area contributed by atoms with E-state index >= 15 is 0 Å². The SMILES string of the molecule is Cc1cccc(OCc2nc(Cl)c3cnn(C)c3n2)c1F. The Morgan fingerprint density at radius 2 is 2.14 bits per heavy atom. The van der Waals surface area contributed by atoms with E-state index in [4.69, 9.17) is 16.3 Å². The summed E-state index contributed by atoms with van der Waals surface area (Å²) < 4.78 is 20.9. The molecular formula is C14H12ClFN4O. The van der Waals surface area contributed by atoms with Crippen LogP contribution in [0.5, 0.6) is 5.75 Å². The fourth-order valence-electron chi connectivity index (χ4n) is 1.97. The number of rotatable bonds is 3. The normalized spacial score (nSPS) is 11.0. The molecule has 3 rings (SSSR count). The summed E-state index contributed by atoms with van der Waals surface area (Å²) in [5, 5.41) is 5.04. The zero-order valence-electron chi connectivity index (χ0n) is 11.5. The zero-order chi connectivity index (χ0) is 15.0. The lowest BCUT2D eigenvalue weighted by molar-refractivity contribution is 0.280. The summed E-state index contributed by atoms with van der Waals surface area (Å²) in [6.07, 6.45) is 1.60. The first-order chi connectivity index (χ1) is 10.1. The Hall–Kier alpha value is -2.21. The largest absolute Gasteiger partial charge is 0.483 e. The minimum atomic E-state index is -0.384. The number of aromatic nitrogens is 4.